The number of carbonyl (C=O) groups excluding carboxylic acids is 2. The number of rotatable bonds is 3. The highest BCUT2D eigenvalue weighted by Gasteiger charge is 2.67. The maximum atomic E-state index is 12.6. The van der Waals surface area contributed by atoms with Gasteiger partial charge in [0.1, 0.15) is 5.37 Å². The molecular weight excluding hydrogens is 346 g/mol. The number of fused-ring (bicyclic) bond motifs is 1. The Morgan fingerprint density at radius 3 is 2.43 bits per heavy atom. The van der Waals surface area contributed by atoms with Gasteiger partial charge < -0.3 is 13.8 Å². The van der Waals surface area contributed by atoms with Gasteiger partial charge in [-0.3, -0.25) is 9.00 Å². The number of esters is 1. The third kappa shape index (κ3) is 2.78. The van der Waals surface area contributed by atoms with Gasteiger partial charge in [0, 0.05) is 16.9 Å². The maximum absolute atomic E-state index is 12.6. The Hall–Kier alpha value is -1.42. The Labute approximate surface area is 137 Å². The number of carbonyl (C=O) groups is 2. The van der Waals surface area contributed by atoms with E-state index < -0.39 is 49.1 Å². The Kier molecular flexibility index (Phi) is 4.13. The molecule has 0 radical (unpaired) electrons. The fourth-order valence-electron chi connectivity index (χ4n) is 2.93. The first kappa shape index (κ1) is 17.9. The zero-order valence-corrected chi connectivity index (χ0v) is 15.1. The van der Waals surface area contributed by atoms with E-state index in [9.17, 15) is 22.2 Å². The number of nitrogens with zero attached hydrogens (tertiary/aromatic N) is 1. The molecule has 0 aromatic heterocycles. The van der Waals surface area contributed by atoms with Gasteiger partial charge in [-0.15, -0.1) is 0 Å². The fraction of sp³-hybridized carbons (Fsp3) is 0.692. The molecule has 2 rings (SSSR count). The number of amides is 1. The van der Waals surface area contributed by atoms with E-state index in [1.807, 2.05) is 0 Å². The molecule has 3 atom stereocenters. The van der Waals surface area contributed by atoms with Crippen molar-refractivity contribution in [3.05, 3.63) is 11.8 Å². The molecule has 10 heteroatoms. The zero-order valence-electron chi connectivity index (χ0n) is 13.5. The molecule has 1 saturated heterocycles. The van der Waals surface area contributed by atoms with Crippen molar-refractivity contribution in [2.45, 2.75) is 31.7 Å². The third-order valence-corrected chi connectivity index (χ3v) is 6.25. The molecule has 8 nitrogen and oxygen atoms in total. The first-order valence-electron chi connectivity index (χ1n) is 6.75. The van der Waals surface area contributed by atoms with Gasteiger partial charge in [-0.2, -0.15) is 8.42 Å². The lowest BCUT2D eigenvalue weighted by molar-refractivity contribution is -0.156. The minimum absolute atomic E-state index is 0.269. The predicted molar refractivity (Wildman–Crippen MR) is 81.9 cm³/mol. The summed E-state index contributed by atoms with van der Waals surface area (Å²) in [6, 6.07) is 0. The molecule has 0 aliphatic carbocycles. The molecule has 2 aliphatic rings. The third-order valence-electron chi connectivity index (χ3n) is 3.65. The van der Waals surface area contributed by atoms with Crippen LogP contribution in [0.3, 0.4) is 0 Å². The Bertz CT molecular complexity index is 719. The van der Waals surface area contributed by atoms with E-state index in [0.29, 0.717) is 0 Å². The lowest BCUT2D eigenvalue weighted by Crippen LogP contribution is -2.57. The normalized spacial score (nSPS) is 30.9. The summed E-state index contributed by atoms with van der Waals surface area (Å²) in [6.07, 6.45) is 1.76. The number of ether oxygens (including phenoxy) is 1. The maximum Gasteiger partial charge on any atom is 0.340 e. The first-order chi connectivity index (χ1) is 10.3. The van der Waals surface area contributed by atoms with E-state index in [2.05, 4.69) is 0 Å². The summed E-state index contributed by atoms with van der Waals surface area (Å²) in [7, 11) is -4.44. The van der Waals surface area contributed by atoms with Crippen LogP contribution >= 0.6 is 0 Å². The minimum atomic E-state index is -3.97. The van der Waals surface area contributed by atoms with Crippen molar-refractivity contribution < 1.29 is 31.1 Å². The van der Waals surface area contributed by atoms with Crippen LogP contribution in [0.1, 0.15) is 20.8 Å². The molecule has 2 aliphatic heterocycles. The van der Waals surface area contributed by atoms with Crippen molar-refractivity contribution in [1.29, 1.82) is 0 Å². The molecule has 0 unspecified atom stereocenters. The lowest BCUT2D eigenvalue weighted by atomic mass is 9.92. The van der Waals surface area contributed by atoms with E-state index in [1.165, 1.54) is 0 Å². The number of hydrogen-bond acceptors (Lipinski definition) is 7. The van der Waals surface area contributed by atoms with E-state index in [1.54, 1.807) is 20.8 Å². The van der Waals surface area contributed by atoms with Gasteiger partial charge in [0.05, 0.1) is 19.1 Å². The van der Waals surface area contributed by atoms with Crippen molar-refractivity contribution >= 4 is 32.8 Å². The summed E-state index contributed by atoms with van der Waals surface area (Å²) < 4.78 is 45.2. The molecule has 23 heavy (non-hydrogen) atoms. The van der Waals surface area contributed by atoms with Gasteiger partial charge in [0.15, 0.2) is 5.76 Å². The van der Waals surface area contributed by atoms with Gasteiger partial charge in [-0.25, -0.2) is 4.79 Å². The van der Waals surface area contributed by atoms with Crippen LogP contribution < -0.4 is 0 Å². The molecule has 0 aromatic carbocycles. The molecule has 0 bridgehead atoms. The van der Waals surface area contributed by atoms with Gasteiger partial charge >= 0.3 is 16.1 Å². The standard InChI is InChI=1S/C13H19NO7S2/c1-12(2,3)10-14-9(15)6-8(21-23(5,18)19)13(14,7-22(10)17)11(16)20-4/h6,10H,7H2,1-5H3/t10-,13-,22-/m1/s1. The second-order valence-electron chi connectivity index (χ2n) is 6.60. The molecule has 0 spiro atoms. The molecule has 130 valence electrons. The van der Waals surface area contributed by atoms with Gasteiger partial charge in [-0.05, 0) is 5.41 Å². The van der Waals surface area contributed by atoms with Crippen molar-refractivity contribution in [2.75, 3.05) is 19.1 Å². The summed E-state index contributed by atoms with van der Waals surface area (Å²) in [4.78, 5) is 26.0. The zero-order chi connectivity index (χ0) is 17.8. The highest BCUT2D eigenvalue weighted by atomic mass is 32.2. The average Bonchev–Trinajstić information content (AvgIpc) is 2.80. The molecule has 0 N–H and O–H groups in total. The van der Waals surface area contributed by atoms with Crippen molar-refractivity contribution in [1.82, 2.24) is 4.90 Å². The molecule has 0 aromatic rings. The first-order valence-corrected chi connectivity index (χ1v) is 9.95. The van der Waals surface area contributed by atoms with E-state index in [4.69, 9.17) is 8.92 Å². The lowest BCUT2D eigenvalue weighted by Gasteiger charge is -2.37. The Balaban J connectivity index is 2.64. The van der Waals surface area contributed by atoms with E-state index in [0.717, 1.165) is 24.3 Å². The van der Waals surface area contributed by atoms with Crippen molar-refractivity contribution in [3.63, 3.8) is 0 Å². The van der Waals surface area contributed by atoms with Crippen molar-refractivity contribution in [2.24, 2.45) is 5.41 Å². The summed E-state index contributed by atoms with van der Waals surface area (Å²) in [5.74, 6) is -2.13. The molecule has 0 saturated carbocycles. The van der Waals surface area contributed by atoms with Crippen molar-refractivity contribution in [3.8, 4) is 0 Å². The summed E-state index contributed by atoms with van der Waals surface area (Å²) >= 11 is 0. The Morgan fingerprint density at radius 1 is 1.43 bits per heavy atom. The Morgan fingerprint density at radius 2 is 2.00 bits per heavy atom. The molecule has 1 fully saturated rings. The van der Waals surface area contributed by atoms with Crippen LogP contribution in [-0.4, -0.2) is 59.4 Å². The van der Waals surface area contributed by atoms with Crippen LogP contribution in [0.2, 0.25) is 0 Å². The topological polar surface area (TPSA) is 107 Å². The molecule has 2 heterocycles. The largest absolute Gasteiger partial charge is 0.467 e. The van der Waals surface area contributed by atoms with Gasteiger partial charge in [-0.1, -0.05) is 20.8 Å². The van der Waals surface area contributed by atoms with Crippen LogP contribution in [0.5, 0.6) is 0 Å². The molecular formula is C13H19NO7S2. The second-order valence-corrected chi connectivity index (χ2v) is 9.67. The van der Waals surface area contributed by atoms with E-state index >= 15 is 0 Å². The highest BCUT2D eigenvalue weighted by Crippen LogP contribution is 2.47. The quantitative estimate of drug-likeness (QED) is 0.501. The van der Waals surface area contributed by atoms with Gasteiger partial charge in [0.2, 0.25) is 5.54 Å². The smallest absolute Gasteiger partial charge is 0.340 e. The summed E-state index contributed by atoms with van der Waals surface area (Å²) in [5.41, 5.74) is -2.40. The van der Waals surface area contributed by atoms with Crippen LogP contribution in [0.25, 0.3) is 0 Å². The molecule has 1 amide bonds. The highest BCUT2D eigenvalue weighted by molar-refractivity contribution is 7.86. The van der Waals surface area contributed by atoms with Crippen LogP contribution in [0.4, 0.5) is 0 Å². The van der Waals surface area contributed by atoms with Crippen LogP contribution in [0.15, 0.2) is 11.8 Å². The predicted octanol–water partition coefficient (Wildman–Crippen LogP) is -0.265. The monoisotopic (exact) mass is 365 g/mol. The summed E-state index contributed by atoms with van der Waals surface area (Å²) in [6.45, 7) is 5.35. The second kappa shape index (κ2) is 5.30. The van der Waals surface area contributed by atoms with Crippen LogP contribution in [0, 0.1) is 5.41 Å². The average molecular weight is 365 g/mol. The summed E-state index contributed by atoms with van der Waals surface area (Å²) in [5, 5.41) is -0.772. The van der Waals surface area contributed by atoms with Crippen LogP contribution in [-0.2, 0) is 39.4 Å². The number of methoxy groups -OCH3 is 1. The van der Waals surface area contributed by atoms with Gasteiger partial charge in [0.25, 0.3) is 5.91 Å². The SMILES string of the molecule is COC(=O)[C@]12C[S@@](=O)[C@H](C(C)(C)C)N1C(=O)C=C2OS(C)(=O)=O. The fourth-order valence-corrected chi connectivity index (χ4v) is 5.72. The number of hydrogen-bond donors (Lipinski definition) is 0. The minimum Gasteiger partial charge on any atom is -0.467 e. The van der Waals surface area contributed by atoms with E-state index in [-0.39, 0.29) is 11.5 Å².